The average molecular weight is 415 g/mol. The van der Waals surface area contributed by atoms with Gasteiger partial charge in [0.1, 0.15) is 5.82 Å². The highest BCUT2D eigenvalue weighted by Crippen LogP contribution is 2.21. The predicted molar refractivity (Wildman–Crippen MR) is 113 cm³/mol. The van der Waals surface area contributed by atoms with Crippen LogP contribution in [0.1, 0.15) is 28.1 Å². The zero-order chi connectivity index (χ0) is 21.2. The number of rotatable bonds is 7. The largest absolute Gasteiger partial charge is 0.367 e. The van der Waals surface area contributed by atoms with E-state index in [2.05, 4.69) is 25.3 Å². The molecular formula is C20H26N6O2S. The fourth-order valence-corrected chi connectivity index (χ4v) is 4.91. The Morgan fingerprint density at radius 3 is 2.17 bits per heavy atom. The van der Waals surface area contributed by atoms with E-state index in [0.717, 1.165) is 28.1 Å². The highest BCUT2D eigenvalue weighted by molar-refractivity contribution is 7.89. The Hall–Kier alpha value is -2.78. The lowest BCUT2D eigenvalue weighted by molar-refractivity contribution is 0.581. The number of anilines is 1. The molecule has 2 heterocycles. The van der Waals surface area contributed by atoms with Crippen molar-refractivity contribution in [1.82, 2.24) is 24.7 Å². The molecule has 2 aromatic heterocycles. The van der Waals surface area contributed by atoms with Crippen LogP contribution in [0.15, 0.2) is 35.2 Å². The maximum absolute atomic E-state index is 12.7. The van der Waals surface area contributed by atoms with Crippen molar-refractivity contribution in [3.8, 4) is 5.82 Å². The molecule has 0 aliphatic carbocycles. The third-order valence-electron chi connectivity index (χ3n) is 4.47. The van der Waals surface area contributed by atoms with Gasteiger partial charge >= 0.3 is 0 Å². The van der Waals surface area contributed by atoms with Crippen LogP contribution in [-0.4, -0.2) is 41.5 Å². The normalized spacial score (nSPS) is 11.6. The topological polar surface area (TPSA) is 102 Å². The van der Waals surface area contributed by atoms with Crippen LogP contribution in [0.5, 0.6) is 0 Å². The van der Waals surface area contributed by atoms with Gasteiger partial charge < -0.3 is 5.32 Å². The Morgan fingerprint density at radius 1 is 0.931 bits per heavy atom. The van der Waals surface area contributed by atoms with Crippen LogP contribution in [0.3, 0.4) is 0 Å². The molecule has 154 valence electrons. The third kappa shape index (κ3) is 4.80. The molecule has 3 aromatic rings. The molecule has 0 aliphatic rings. The van der Waals surface area contributed by atoms with Gasteiger partial charge in [0.05, 0.1) is 10.6 Å². The summed E-state index contributed by atoms with van der Waals surface area (Å²) in [6.45, 7) is 10.1. The van der Waals surface area contributed by atoms with Gasteiger partial charge in [0.15, 0.2) is 5.82 Å². The van der Waals surface area contributed by atoms with E-state index in [-0.39, 0.29) is 6.54 Å². The van der Waals surface area contributed by atoms with E-state index in [0.29, 0.717) is 23.1 Å². The monoisotopic (exact) mass is 414 g/mol. The molecule has 2 N–H and O–H groups in total. The molecule has 0 amide bonds. The molecule has 0 saturated carbocycles. The van der Waals surface area contributed by atoms with Crippen molar-refractivity contribution in [1.29, 1.82) is 0 Å². The summed E-state index contributed by atoms with van der Waals surface area (Å²) < 4.78 is 29.7. The highest BCUT2D eigenvalue weighted by atomic mass is 32.2. The van der Waals surface area contributed by atoms with E-state index in [1.165, 1.54) is 0 Å². The van der Waals surface area contributed by atoms with E-state index in [1.807, 2.05) is 58.9 Å². The summed E-state index contributed by atoms with van der Waals surface area (Å²) in [6.07, 6.45) is 0. The smallest absolute Gasteiger partial charge is 0.241 e. The number of nitrogens with one attached hydrogen (secondary N) is 2. The van der Waals surface area contributed by atoms with E-state index in [9.17, 15) is 8.42 Å². The second kappa shape index (κ2) is 8.30. The summed E-state index contributed by atoms with van der Waals surface area (Å²) in [5.41, 5.74) is 4.43. The molecule has 0 fully saturated rings. The van der Waals surface area contributed by atoms with Crippen molar-refractivity contribution < 1.29 is 8.42 Å². The molecule has 0 bridgehead atoms. The highest BCUT2D eigenvalue weighted by Gasteiger charge is 2.19. The summed E-state index contributed by atoms with van der Waals surface area (Å²) in [5, 5.41) is 15.8. The molecule has 0 spiro atoms. The lowest BCUT2D eigenvalue weighted by Gasteiger charge is -2.13. The summed E-state index contributed by atoms with van der Waals surface area (Å²) in [5.74, 6) is 1.20. The number of nitrogens with zero attached hydrogens (tertiary/aromatic N) is 4. The Morgan fingerprint density at radius 2 is 1.62 bits per heavy atom. The van der Waals surface area contributed by atoms with Crippen molar-refractivity contribution in [3.63, 3.8) is 0 Å². The SMILES string of the molecule is Cc1cc(C)c(S(=O)(=O)NCCNc2ccc(-n3nc(C)cc3C)nn2)c(C)c1. The standard InChI is InChI=1S/C20H26N6O2S/c1-13-10-14(2)20(15(3)11-13)29(27,28)22-9-8-21-18-6-7-19(24-23-18)26-17(5)12-16(4)25-26/h6-7,10-12,22H,8-9H2,1-5H3,(H,21,23). The number of aromatic nitrogens is 4. The van der Waals surface area contributed by atoms with Gasteiger partial charge in [-0.15, -0.1) is 10.2 Å². The first-order valence-electron chi connectivity index (χ1n) is 9.36. The molecule has 8 nitrogen and oxygen atoms in total. The van der Waals surface area contributed by atoms with Crippen LogP contribution in [0, 0.1) is 34.6 Å². The van der Waals surface area contributed by atoms with E-state index >= 15 is 0 Å². The Kier molecular flexibility index (Phi) is 5.99. The summed E-state index contributed by atoms with van der Waals surface area (Å²) in [4.78, 5) is 0.345. The van der Waals surface area contributed by atoms with E-state index < -0.39 is 10.0 Å². The van der Waals surface area contributed by atoms with Gasteiger partial charge in [-0.05, 0) is 63.9 Å². The maximum atomic E-state index is 12.7. The Bertz CT molecular complexity index is 1100. The van der Waals surface area contributed by atoms with Crippen LogP contribution in [0.2, 0.25) is 0 Å². The third-order valence-corrected chi connectivity index (χ3v) is 6.24. The molecule has 0 aliphatic heterocycles. The Labute approximate surface area is 171 Å². The zero-order valence-electron chi connectivity index (χ0n) is 17.3. The molecule has 0 atom stereocenters. The fourth-order valence-electron chi connectivity index (χ4n) is 3.43. The van der Waals surface area contributed by atoms with Crippen molar-refractivity contribution in [2.75, 3.05) is 18.4 Å². The van der Waals surface area contributed by atoms with Crippen LogP contribution in [-0.2, 0) is 10.0 Å². The maximum Gasteiger partial charge on any atom is 0.241 e. The van der Waals surface area contributed by atoms with Gasteiger partial charge in [0.25, 0.3) is 0 Å². The van der Waals surface area contributed by atoms with Gasteiger partial charge in [-0.1, -0.05) is 17.7 Å². The number of benzene rings is 1. The number of hydrogen-bond donors (Lipinski definition) is 2. The predicted octanol–water partition coefficient (Wildman–Crippen LogP) is 2.59. The first-order valence-corrected chi connectivity index (χ1v) is 10.8. The fraction of sp³-hybridized carbons (Fsp3) is 0.350. The molecule has 0 unspecified atom stereocenters. The summed E-state index contributed by atoms with van der Waals surface area (Å²) >= 11 is 0. The number of sulfonamides is 1. The first-order chi connectivity index (χ1) is 13.7. The van der Waals surface area contributed by atoms with E-state index in [1.54, 1.807) is 10.7 Å². The summed E-state index contributed by atoms with van der Waals surface area (Å²) in [7, 11) is -3.58. The van der Waals surface area contributed by atoms with Crippen LogP contribution in [0.4, 0.5) is 5.82 Å². The van der Waals surface area contributed by atoms with Crippen molar-refractivity contribution in [3.05, 3.63) is 58.4 Å². The minimum absolute atomic E-state index is 0.232. The lowest BCUT2D eigenvalue weighted by atomic mass is 10.1. The van der Waals surface area contributed by atoms with Crippen molar-refractivity contribution in [2.24, 2.45) is 0 Å². The first kappa shape index (κ1) is 20.9. The quantitative estimate of drug-likeness (QED) is 0.576. The second-order valence-corrected chi connectivity index (χ2v) is 8.87. The van der Waals surface area contributed by atoms with Crippen molar-refractivity contribution >= 4 is 15.8 Å². The van der Waals surface area contributed by atoms with Gasteiger partial charge in [-0.25, -0.2) is 17.8 Å². The van der Waals surface area contributed by atoms with Gasteiger partial charge in [0.2, 0.25) is 10.0 Å². The number of aryl methyl sites for hydroxylation is 5. The average Bonchev–Trinajstić information content (AvgIpc) is 2.96. The molecule has 0 radical (unpaired) electrons. The van der Waals surface area contributed by atoms with Crippen LogP contribution in [0.25, 0.3) is 5.82 Å². The van der Waals surface area contributed by atoms with Gasteiger partial charge in [-0.3, -0.25) is 0 Å². The second-order valence-electron chi connectivity index (χ2n) is 7.17. The van der Waals surface area contributed by atoms with Gasteiger partial charge in [-0.2, -0.15) is 5.10 Å². The van der Waals surface area contributed by atoms with E-state index in [4.69, 9.17) is 0 Å². The minimum Gasteiger partial charge on any atom is -0.367 e. The van der Waals surface area contributed by atoms with Crippen molar-refractivity contribution in [2.45, 2.75) is 39.5 Å². The molecule has 9 heteroatoms. The minimum atomic E-state index is -3.58. The number of hydrogen-bond acceptors (Lipinski definition) is 6. The molecule has 3 rings (SSSR count). The van der Waals surface area contributed by atoms with Crippen LogP contribution < -0.4 is 10.0 Å². The molecule has 1 aromatic carbocycles. The summed E-state index contributed by atoms with van der Waals surface area (Å²) in [6, 6.07) is 9.33. The lowest BCUT2D eigenvalue weighted by Crippen LogP contribution is -2.30. The van der Waals surface area contributed by atoms with Gasteiger partial charge in [0, 0.05) is 18.8 Å². The molecular weight excluding hydrogens is 388 g/mol. The van der Waals surface area contributed by atoms with Crippen LogP contribution >= 0.6 is 0 Å². The Balaban J connectivity index is 1.59. The zero-order valence-corrected chi connectivity index (χ0v) is 18.1. The molecule has 0 saturated heterocycles. The molecule has 29 heavy (non-hydrogen) atoms.